The van der Waals surface area contributed by atoms with Crippen molar-refractivity contribution in [2.24, 2.45) is 5.73 Å². The van der Waals surface area contributed by atoms with Crippen molar-refractivity contribution in [1.29, 1.82) is 0 Å². The summed E-state index contributed by atoms with van der Waals surface area (Å²) in [6.07, 6.45) is -1.20. The van der Waals surface area contributed by atoms with Crippen molar-refractivity contribution in [1.82, 2.24) is 0 Å². The van der Waals surface area contributed by atoms with Gasteiger partial charge in [-0.25, -0.2) is 4.79 Å². The summed E-state index contributed by atoms with van der Waals surface area (Å²) in [5, 5.41) is 9.02. The first-order valence-corrected chi connectivity index (χ1v) is 11.9. The average molecular weight is 554 g/mol. The van der Waals surface area contributed by atoms with E-state index in [0.717, 1.165) is 4.90 Å². The van der Waals surface area contributed by atoms with E-state index in [2.05, 4.69) is 4.74 Å². The highest BCUT2D eigenvalue weighted by Crippen LogP contribution is 2.43. The number of rotatable bonds is 8. The summed E-state index contributed by atoms with van der Waals surface area (Å²) in [6, 6.07) is 11.9. The van der Waals surface area contributed by atoms with Gasteiger partial charge in [-0.2, -0.15) is 0 Å². The summed E-state index contributed by atoms with van der Waals surface area (Å²) >= 11 is 1.39. The molecule has 1 saturated heterocycles. The van der Waals surface area contributed by atoms with Crippen molar-refractivity contribution in [3.8, 4) is 17.2 Å². The molecule has 0 saturated carbocycles. The fourth-order valence-corrected chi connectivity index (χ4v) is 4.05. The van der Waals surface area contributed by atoms with Crippen LogP contribution >= 0.6 is 24.2 Å². The van der Waals surface area contributed by atoms with Crippen LogP contribution in [0.5, 0.6) is 17.2 Å². The minimum absolute atomic E-state index is 0. The summed E-state index contributed by atoms with van der Waals surface area (Å²) in [7, 11) is 1.53. The Balaban J connectivity index is 0.000000408. The van der Waals surface area contributed by atoms with E-state index in [1.165, 1.54) is 24.9 Å². The Morgan fingerprint density at radius 2 is 1.84 bits per heavy atom. The van der Waals surface area contributed by atoms with E-state index >= 15 is 0 Å². The van der Waals surface area contributed by atoms with Gasteiger partial charge in [-0.1, -0.05) is 30.0 Å². The first-order chi connectivity index (χ1) is 17.2. The largest absolute Gasteiger partial charge is 0.490 e. The minimum atomic E-state index is -1.19. The molecule has 1 aliphatic heterocycles. The molecule has 0 spiro atoms. The van der Waals surface area contributed by atoms with Crippen molar-refractivity contribution < 1.29 is 38.1 Å². The number of ether oxygens (including phenoxy) is 4. The molecule has 200 valence electrons. The van der Waals surface area contributed by atoms with E-state index in [-0.39, 0.29) is 23.9 Å². The van der Waals surface area contributed by atoms with Gasteiger partial charge in [0.15, 0.2) is 28.1 Å². The molecule has 2 aromatic carbocycles. The predicted molar refractivity (Wildman–Crippen MR) is 139 cm³/mol. The van der Waals surface area contributed by atoms with E-state index in [4.69, 9.17) is 29.5 Å². The number of esters is 1. The first-order valence-electron chi connectivity index (χ1n) is 11.1. The Hall–Kier alpha value is -3.41. The van der Waals surface area contributed by atoms with Crippen LogP contribution in [0.4, 0.5) is 0 Å². The number of methoxy groups -OCH3 is 1. The van der Waals surface area contributed by atoms with Crippen molar-refractivity contribution in [2.75, 3.05) is 13.7 Å². The number of carboxylic acid groups (broad SMARTS) is 1. The molecule has 0 amide bonds. The Morgan fingerprint density at radius 1 is 1.16 bits per heavy atom. The van der Waals surface area contributed by atoms with Gasteiger partial charge in [0.05, 0.1) is 19.8 Å². The number of hydrogen-bond acceptors (Lipinski definition) is 10. The Bertz CT molecular complexity index is 1300. The molecule has 1 aliphatic rings. The lowest BCUT2D eigenvalue weighted by Crippen LogP contribution is -2.59. The smallest absolute Gasteiger partial charge is 0.347 e. The normalized spacial score (nSPS) is 16.0. The third-order valence-electron chi connectivity index (χ3n) is 4.77. The lowest BCUT2D eigenvalue weighted by molar-refractivity contribution is -0.186. The highest BCUT2D eigenvalue weighted by molar-refractivity contribution is 7.99. The number of carbonyl (C=O) groups is 2. The number of carboxylic acids is 1. The van der Waals surface area contributed by atoms with E-state index in [1.54, 1.807) is 6.07 Å². The quantitative estimate of drug-likeness (QED) is 0.391. The fraction of sp³-hybridized carbons (Fsp3) is 0.320. The molecule has 3 N–H and O–H groups in total. The van der Waals surface area contributed by atoms with Crippen LogP contribution in [0.15, 0.2) is 61.7 Å². The zero-order valence-electron chi connectivity index (χ0n) is 20.6. The summed E-state index contributed by atoms with van der Waals surface area (Å²) in [4.78, 5) is 33.9. The first kappa shape index (κ1) is 29.8. The van der Waals surface area contributed by atoms with Crippen molar-refractivity contribution >= 4 is 47.1 Å². The highest BCUT2D eigenvalue weighted by Gasteiger charge is 2.44. The molecule has 1 fully saturated rings. The standard InChI is InChI=1S/C21H22O5S.C4H5NO4.ClH/c1-5-24-21-19-15(22)11-18(27-14-9-7-6-8-10-14)26-16(19)12-17(20(21)23-4)25-13(2)3;5-1-2(3(6)7)9-4(1)8;/h6-13H,5H2,1-4H3;1-2H,5H2,(H,6,7);1H. The number of cyclic esters (lactones) is 1. The minimum Gasteiger partial charge on any atom is -0.490 e. The molecule has 2 unspecified atom stereocenters. The number of fused-ring (bicyclic) bond motifs is 1. The van der Waals surface area contributed by atoms with Crippen LogP contribution < -0.4 is 25.4 Å². The molecular formula is C25H28ClNO9S. The maximum atomic E-state index is 12.8. The van der Waals surface area contributed by atoms with E-state index < -0.39 is 24.1 Å². The predicted octanol–water partition coefficient (Wildman–Crippen LogP) is 3.88. The Labute approximate surface area is 223 Å². The van der Waals surface area contributed by atoms with Crippen LogP contribution in [0.2, 0.25) is 0 Å². The molecule has 0 aliphatic carbocycles. The second-order valence-corrected chi connectivity index (χ2v) is 8.85. The fourth-order valence-electron chi connectivity index (χ4n) is 3.23. The molecule has 4 rings (SSSR count). The van der Waals surface area contributed by atoms with Crippen LogP contribution in [0, 0.1) is 0 Å². The average Bonchev–Trinajstić information content (AvgIpc) is 2.82. The summed E-state index contributed by atoms with van der Waals surface area (Å²) in [5.74, 6) is -0.620. The third-order valence-corrected chi connectivity index (χ3v) is 5.68. The molecule has 10 nitrogen and oxygen atoms in total. The van der Waals surface area contributed by atoms with Crippen LogP contribution in [0.1, 0.15) is 20.8 Å². The molecule has 37 heavy (non-hydrogen) atoms. The molecule has 2 heterocycles. The van der Waals surface area contributed by atoms with Crippen molar-refractivity contribution in [3.63, 3.8) is 0 Å². The zero-order valence-corrected chi connectivity index (χ0v) is 22.2. The third kappa shape index (κ3) is 7.09. The molecule has 2 atom stereocenters. The topological polar surface area (TPSA) is 148 Å². The van der Waals surface area contributed by atoms with Gasteiger partial charge in [0.1, 0.15) is 11.0 Å². The van der Waals surface area contributed by atoms with Crippen molar-refractivity contribution in [3.05, 3.63) is 52.7 Å². The van der Waals surface area contributed by atoms with Crippen molar-refractivity contribution in [2.45, 2.75) is 49.0 Å². The van der Waals surface area contributed by atoms with E-state index in [1.807, 2.05) is 51.1 Å². The monoisotopic (exact) mass is 553 g/mol. The number of halogens is 1. The lowest BCUT2D eigenvalue weighted by Gasteiger charge is -2.28. The Kier molecular flexibility index (Phi) is 10.7. The van der Waals surface area contributed by atoms with Gasteiger partial charge in [0, 0.05) is 17.0 Å². The molecular weight excluding hydrogens is 526 g/mol. The molecule has 12 heteroatoms. The van der Waals surface area contributed by atoms with Gasteiger partial charge < -0.3 is 34.2 Å². The van der Waals surface area contributed by atoms with Crippen LogP contribution in [-0.4, -0.2) is 49.0 Å². The van der Waals surface area contributed by atoms with Gasteiger partial charge in [-0.3, -0.25) is 9.59 Å². The zero-order chi connectivity index (χ0) is 26.4. The van der Waals surface area contributed by atoms with Gasteiger partial charge in [-0.15, -0.1) is 12.4 Å². The molecule has 1 aromatic heterocycles. The van der Waals surface area contributed by atoms with Crippen LogP contribution in [0.3, 0.4) is 0 Å². The maximum absolute atomic E-state index is 12.8. The molecule has 0 radical (unpaired) electrons. The van der Waals surface area contributed by atoms with Crippen LogP contribution in [-0.2, 0) is 14.3 Å². The van der Waals surface area contributed by atoms with Crippen LogP contribution in [0.25, 0.3) is 11.0 Å². The second kappa shape index (κ2) is 13.2. The summed E-state index contributed by atoms with van der Waals surface area (Å²) < 4.78 is 27.2. The van der Waals surface area contributed by atoms with Gasteiger partial charge in [-0.05, 0) is 32.9 Å². The highest BCUT2D eigenvalue weighted by atomic mass is 35.5. The maximum Gasteiger partial charge on any atom is 0.347 e. The summed E-state index contributed by atoms with van der Waals surface area (Å²) in [5.41, 5.74) is 5.23. The van der Waals surface area contributed by atoms with Gasteiger partial charge >= 0.3 is 11.9 Å². The molecule has 0 bridgehead atoms. The van der Waals surface area contributed by atoms with E-state index in [0.29, 0.717) is 39.9 Å². The number of benzene rings is 2. The summed E-state index contributed by atoms with van der Waals surface area (Å²) in [6.45, 7) is 6.07. The SMILES string of the molecule is CCOc1c(OC)c(OC(C)C)cc2oc(Sc3ccccc3)cc(=O)c12.Cl.NC1C(=O)OC1C(=O)O. The van der Waals surface area contributed by atoms with Gasteiger partial charge in [0.25, 0.3) is 0 Å². The van der Waals surface area contributed by atoms with E-state index in [9.17, 15) is 14.4 Å². The lowest BCUT2D eigenvalue weighted by atomic mass is 10.1. The van der Waals surface area contributed by atoms with Gasteiger partial charge in [0.2, 0.25) is 11.9 Å². The number of nitrogens with two attached hydrogens (primary N) is 1. The number of carbonyl (C=O) groups excluding carboxylic acids is 1. The second-order valence-electron chi connectivity index (χ2n) is 7.78. The number of aliphatic carboxylic acids is 1. The Morgan fingerprint density at radius 3 is 2.32 bits per heavy atom. The molecule has 3 aromatic rings. The number of hydrogen-bond donors (Lipinski definition) is 2.